The number of carbonyl (C=O) groups excluding carboxylic acids is 2. The molecule has 0 aliphatic rings. The van der Waals surface area contributed by atoms with Crippen LogP contribution in [0.3, 0.4) is 0 Å². The van der Waals surface area contributed by atoms with Gasteiger partial charge in [-0.3, -0.25) is 4.79 Å². The molecule has 0 saturated carbocycles. The average molecular weight is 278 g/mol. The Balaban J connectivity index is 2.66. The van der Waals surface area contributed by atoms with Gasteiger partial charge >= 0.3 is 5.97 Å². The Hall–Kier alpha value is -2.04. The van der Waals surface area contributed by atoms with E-state index in [1.165, 1.54) is 7.11 Å². The molecular weight excluding hydrogens is 256 g/mol. The summed E-state index contributed by atoms with van der Waals surface area (Å²) in [6.07, 6.45) is 0.695. The Kier molecular flexibility index (Phi) is 6.03. The van der Waals surface area contributed by atoms with E-state index in [2.05, 4.69) is 5.32 Å². The molecule has 1 aromatic carbocycles. The van der Waals surface area contributed by atoms with Gasteiger partial charge in [-0.2, -0.15) is 0 Å². The van der Waals surface area contributed by atoms with Crippen LogP contribution in [0.15, 0.2) is 24.3 Å². The van der Waals surface area contributed by atoms with Crippen molar-refractivity contribution < 1.29 is 14.3 Å². The van der Waals surface area contributed by atoms with E-state index in [-0.39, 0.29) is 18.2 Å². The topological polar surface area (TPSA) is 81.4 Å². The van der Waals surface area contributed by atoms with Crippen LogP contribution >= 0.6 is 0 Å². The van der Waals surface area contributed by atoms with Crippen molar-refractivity contribution >= 4 is 17.6 Å². The number of nitrogens with two attached hydrogens (primary N) is 1. The third-order valence-electron chi connectivity index (χ3n) is 2.93. The van der Waals surface area contributed by atoms with Crippen molar-refractivity contribution in [2.75, 3.05) is 12.8 Å². The van der Waals surface area contributed by atoms with Gasteiger partial charge in [0.25, 0.3) is 0 Å². The van der Waals surface area contributed by atoms with Crippen LogP contribution in [0.25, 0.3) is 0 Å². The second-order valence-electron chi connectivity index (χ2n) is 5.15. The molecule has 0 fully saturated rings. The predicted molar refractivity (Wildman–Crippen MR) is 78.0 cm³/mol. The van der Waals surface area contributed by atoms with E-state index in [9.17, 15) is 9.59 Å². The molecule has 0 bridgehead atoms. The van der Waals surface area contributed by atoms with Gasteiger partial charge in [0.05, 0.1) is 13.5 Å². The molecule has 3 N–H and O–H groups in total. The van der Waals surface area contributed by atoms with Crippen molar-refractivity contribution in [3.05, 3.63) is 29.8 Å². The van der Waals surface area contributed by atoms with Gasteiger partial charge in [-0.25, -0.2) is 4.79 Å². The summed E-state index contributed by atoms with van der Waals surface area (Å²) in [5, 5.41) is 2.71. The molecule has 0 heterocycles. The first-order valence-electron chi connectivity index (χ1n) is 6.64. The van der Waals surface area contributed by atoms with Gasteiger partial charge in [0.15, 0.2) is 0 Å². The summed E-state index contributed by atoms with van der Waals surface area (Å²) < 4.78 is 4.71. The Bertz CT molecular complexity index is 472. The number of para-hydroxylation sites is 1. The smallest absolute Gasteiger partial charge is 0.328 e. The average Bonchev–Trinajstić information content (AvgIpc) is 2.39. The molecule has 1 aromatic rings. The van der Waals surface area contributed by atoms with Gasteiger partial charge < -0.3 is 15.8 Å². The molecule has 0 spiro atoms. The number of anilines is 1. The highest BCUT2D eigenvalue weighted by molar-refractivity contribution is 5.86. The fourth-order valence-electron chi connectivity index (χ4n) is 1.94. The van der Waals surface area contributed by atoms with E-state index in [0.29, 0.717) is 12.1 Å². The maximum absolute atomic E-state index is 12.0. The fourth-order valence-corrected chi connectivity index (χ4v) is 1.94. The number of esters is 1. The minimum Gasteiger partial charge on any atom is -0.467 e. The van der Waals surface area contributed by atoms with Gasteiger partial charge in [0.2, 0.25) is 5.91 Å². The number of hydrogen-bond acceptors (Lipinski definition) is 4. The summed E-state index contributed by atoms with van der Waals surface area (Å²) in [5.74, 6) is -0.381. The molecule has 1 unspecified atom stereocenters. The van der Waals surface area contributed by atoms with Crippen LogP contribution in [-0.4, -0.2) is 25.0 Å². The third-order valence-corrected chi connectivity index (χ3v) is 2.93. The van der Waals surface area contributed by atoms with Crippen LogP contribution in [0.1, 0.15) is 25.8 Å². The van der Waals surface area contributed by atoms with Crippen molar-refractivity contribution in [1.29, 1.82) is 0 Å². The van der Waals surface area contributed by atoms with Crippen LogP contribution in [0, 0.1) is 5.92 Å². The maximum atomic E-state index is 12.0. The highest BCUT2D eigenvalue weighted by Gasteiger charge is 2.22. The predicted octanol–water partition coefficient (Wildman–Crippen LogP) is 1.52. The minimum atomic E-state index is -0.613. The largest absolute Gasteiger partial charge is 0.467 e. The van der Waals surface area contributed by atoms with Crippen molar-refractivity contribution in [3.63, 3.8) is 0 Å². The van der Waals surface area contributed by atoms with Crippen LogP contribution in [0.2, 0.25) is 0 Å². The monoisotopic (exact) mass is 278 g/mol. The minimum absolute atomic E-state index is 0.151. The number of nitrogen functional groups attached to an aromatic ring is 1. The van der Waals surface area contributed by atoms with E-state index in [0.717, 1.165) is 5.56 Å². The summed E-state index contributed by atoms with van der Waals surface area (Å²) >= 11 is 0. The maximum Gasteiger partial charge on any atom is 0.328 e. The summed E-state index contributed by atoms with van der Waals surface area (Å²) in [5.41, 5.74) is 7.11. The molecule has 0 aromatic heterocycles. The Morgan fingerprint density at radius 2 is 1.95 bits per heavy atom. The van der Waals surface area contributed by atoms with Crippen molar-refractivity contribution in [3.8, 4) is 0 Å². The Labute approximate surface area is 119 Å². The van der Waals surface area contributed by atoms with Crippen molar-refractivity contribution in [2.45, 2.75) is 32.7 Å². The van der Waals surface area contributed by atoms with Crippen LogP contribution in [-0.2, 0) is 20.7 Å². The third kappa shape index (κ3) is 4.91. The Morgan fingerprint density at radius 3 is 2.50 bits per heavy atom. The lowest BCUT2D eigenvalue weighted by molar-refractivity contribution is -0.145. The summed E-state index contributed by atoms with van der Waals surface area (Å²) in [6, 6.07) is 6.56. The van der Waals surface area contributed by atoms with E-state index < -0.39 is 12.0 Å². The van der Waals surface area contributed by atoms with E-state index in [4.69, 9.17) is 10.5 Å². The molecule has 20 heavy (non-hydrogen) atoms. The normalized spacial score (nSPS) is 12.0. The van der Waals surface area contributed by atoms with Crippen LogP contribution < -0.4 is 11.1 Å². The lowest BCUT2D eigenvalue weighted by atomic mass is 10.0. The molecule has 5 nitrogen and oxygen atoms in total. The molecule has 1 amide bonds. The first-order valence-corrected chi connectivity index (χ1v) is 6.64. The van der Waals surface area contributed by atoms with Gasteiger partial charge in [-0.15, -0.1) is 0 Å². The zero-order chi connectivity index (χ0) is 15.1. The first-order chi connectivity index (χ1) is 9.43. The number of rotatable bonds is 6. The van der Waals surface area contributed by atoms with Gasteiger partial charge in [-0.1, -0.05) is 32.0 Å². The second kappa shape index (κ2) is 7.53. The number of methoxy groups -OCH3 is 1. The molecule has 0 radical (unpaired) electrons. The number of ether oxygens (including phenoxy) is 1. The first kappa shape index (κ1) is 16.0. The van der Waals surface area contributed by atoms with E-state index in [1.54, 1.807) is 12.1 Å². The molecule has 0 saturated heterocycles. The lowest BCUT2D eigenvalue weighted by Crippen LogP contribution is -2.43. The lowest BCUT2D eigenvalue weighted by Gasteiger charge is -2.18. The van der Waals surface area contributed by atoms with Crippen molar-refractivity contribution in [1.82, 2.24) is 5.32 Å². The molecule has 1 atom stereocenters. The standard InChI is InChI=1S/C15H22N2O3/c1-10(2)8-13(15(19)20-3)17-14(18)9-11-6-4-5-7-12(11)16/h4-7,10,13H,8-9,16H2,1-3H3,(H,17,18). The number of nitrogens with one attached hydrogen (secondary N) is 1. The summed E-state index contributed by atoms with van der Waals surface area (Å²) in [7, 11) is 1.32. The molecule has 110 valence electrons. The number of carbonyl (C=O) groups is 2. The van der Waals surface area contributed by atoms with Gasteiger partial charge in [0, 0.05) is 5.69 Å². The van der Waals surface area contributed by atoms with Crippen LogP contribution in [0.4, 0.5) is 5.69 Å². The molecular formula is C15H22N2O3. The highest BCUT2D eigenvalue weighted by atomic mass is 16.5. The fraction of sp³-hybridized carbons (Fsp3) is 0.467. The van der Waals surface area contributed by atoms with E-state index >= 15 is 0 Å². The van der Waals surface area contributed by atoms with Gasteiger partial charge in [0.1, 0.15) is 6.04 Å². The highest BCUT2D eigenvalue weighted by Crippen LogP contribution is 2.12. The molecule has 0 aliphatic carbocycles. The summed E-state index contributed by atoms with van der Waals surface area (Å²) in [6.45, 7) is 3.97. The zero-order valence-electron chi connectivity index (χ0n) is 12.2. The number of amides is 1. The molecule has 0 aliphatic heterocycles. The van der Waals surface area contributed by atoms with E-state index in [1.807, 2.05) is 26.0 Å². The molecule has 1 rings (SSSR count). The number of benzene rings is 1. The molecule has 5 heteroatoms. The number of hydrogen-bond donors (Lipinski definition) is 2. The second-order valence-corrected chi connectivity index (χ2v) is 5.15. The Morgan fingerprint density at radius 1 is 1.30 bits per heavy atom. The van der Waals surface area contributed by atoms with Gasteiger partial charge in [-0.05, 0) is 24.0 Å². The quantitative estimate of drug-likeness (QED) is 0.610. The van der Waals surface area contributed by atoms with Crippen molar-refractivity contribution in [2.24, 2.45) is 5.92 Å². The zero-order valence-corrected chi connectivity index (χ0v) is 12.2. The SMILES string of the molecule is COC(=O)C(CC(C)C)NC(=O)Cc1ccccc1N. The van der Waals surface area contributed by atoms with Crippen LogP contribution in [0.5, 0.6) is 0 Å². The summed E-state index contributed by atoms with van der Waals surface area (Å²) in [4.78, 5) is 23.6.